The fourth-order valence-electron chi connectivity index (χ4n) is 24.0. The van der Waals surface area contributed by atoms with E-state index in [1.807, 2.05) is 0 Å². The third-order valence-electron chi connectivity index (χ3n) is 31.2. The molecule has 2 aliphatic heterocycles. The van der Waals surface area contributed by atoms with Gasteiger partial charge in [0.15, 0.2) is 0 Å². The van der Waals surface area contributed by atoms with E-state index in [-0.39, 0.29) is 69.1 Å². The fraction of sp³-hybridized carbons (Fsp3) is 0.262. The van der Waals surface area contributed by atoms with Crippen LogP contribution in [0.4, 0.5) is 34.1 Å². The second kappa shape index (κ2) is 32.8. The van der Waals surface area contributed by atoms with Crippen LogP contribution < -0.4 is 25.6 Å². The summed E-state index contributed by atoms with van der Waals surface area (Å²) in [6.45, 7) is 43.0. The number of nitrogens with zero attached hydrogens (tertiary/aromatic N) is 4. The molecule has 22 rings (SSSR count). The Morgan fingerprint density at radius 1 is 0.326 bits per heavy atom. The van der Waals surface area contributed by atoms with E-state index in [1.165, 1.54) is 183 Å². The normalized spacial score (nSPS) is 19.2. The molecule has 7 unspecified atom stereocenters. The van der Waals surface area contributed by atoms with Gasteiger partial charge in [-0.1, -0.05) is 409 Å². The highest BCUT2D eigenvalue weighted by atomic mass is 15.3. The monoisotopic (exact) mass is 1760 g/mol. The molecule has 3 heterocycles. The van der Waals surface area contributed by atoms with Crippen molar-refractivity contribution in [2.75, 3.05) is 14.7 Å². The van der Waals surface area contributed by atoms with Crippen molar-refractivity contribution in [3.05, 3.63) is 420 Å². The summed E-state index contributed by atoms with van der Waals surface area (Å²) < 4.78 is 2.64. The van der Waals surface area contributed by atoms with Gasteiger partial charge in [-0.3, -0.25) is 0 Å². The van der Waals surface area contributed by atoms with Gasteiger partial charge in [-0.05, 0) is 260 Å². The third kappa shape index (κ3) is 15.5. The van der Waals surface area contributed by atoms with Crippen molar-refractivity contribution < 1.29 is 0 Å². The summed E-state index contributed by atoms with van der Waals surface area (Å²) >= 11 is 0. The zero-order valence-corrected chi connectivity index (χ0v) is 82.2. The van der Waals surface area contributed by atoms with Crippen LogP contribution in [0.25, 0.3) is 99.8 Å². The molecule has 135 heavy (non-hydrogen) atoms. The van der Waals surface area contributed by atoms with Crippen molar-refractivity contribution in [2.24, 2.45) is 28.6 Å². The van der Waals surface area contributed by atoms with Gasteiger partial charge in [-0.2, -0.15) is 0 Å². The van der Waals surface area contributed by atoms with Crippen molar-refractivity contribution in [3.8, 4) is 72.4 Å². The van der Waals surface area contributed by atoms with Gasteiger partial charge in [-0.25, -0.2) is 0 Å². The summed E-state index contributed by atoms with van der Waals surface area (Å²) in [7, 11) is 0. The highest BCUT2D eigenvalue weighted by molar-refractivity contribution is 6.90. The first-order valence-electron chi connectivity index (χ1n) is 49.7. The summed E-state index contributed by atoms with van der Waals surface area (Å²) in [5.74, 6) is 0.847. The molecule has 0 spiro atoms. The largest absolute Gasteiger partial charge is 0.338 e. The highest BCUT2D eigenvalue weighted by Crippen LogP contribution is 2.62. The molecule has 7 aliphatic rings. The molecule has 5 aliphatic carbocycles. The Morgan fingerprint density at radius 3 is 1.16 bits per heavy atom. The van der Waals surface area contributed by atoms with Gasteiger partial charge < -0.3 is 19.3 Å². The summed E-state index contributed by atoms with van der Waals surface area (Å²) in [6, 6.07) is 128. The van der Waals surface area contributed by atoms with E-state index in [2.05, 4.69) is 508 Å². The zero-order chi connectivity index (χ0) is 93.3. The molecule has 7 atom stereocenters. The maximum atomic E-state index is 3.03. The minimum atomic E-state index is -0.239. The van der Waals surface area contributed by atoms with E-state index in [4.69, 9.17) is 0 Å². The van der Waals surface area contributed by atoms with Crippen molar-refractivity contribution in [1.82, 2.24) is 4.57 Å². The van der Waals surface area contributed by atoms with Crippen LogP contribution in [0.3, 0.4) is 0 Å². The van der Waals surface area contributed by atoms with Crippen molar-refractivity contribution >= 4 is 79.1 Å². The first kappa shape index (κ1) is 87.1. The van der Waals surface area contributed by atoms with Crippen LogP contribution in [-0.4, -0.2) is 29.4 Å². The summed E-state index contributed by atoms with van der Waals surface area (Å²) in [6.07, 6.45) is 18.4. The predicted octanol–water partition coefficient (Wildman–Crippen LogP) is 33.4. The van der Waals surface area contributed by atoms with Crippen LogP contribution in [0.15, 0.2) is 392 Å². The van der Waals surface area contributed by atoms with Crippen molar-refractivity contribution in [1.29, 1.82) is 0 Å². The number of benzene rings is 14. The molecule has 0 N–H and O–H groups in total. The number of rotatable bonds is 13. The van der Waals surface area contributed by atoms with Crippen LogP contribution in [0, 0.1) is 28.6 Å². The first-order valence-corrected chi connectivity index (χ1v) is 49.7. The molecule has 1 saturated carbocycles. The van der Waals surface area contributed by atoms with Gasteiger partial charge in [0.25, 0.3) is 0 Å². The fourth-order valence-corrected chi connectivity index (χ4v) is 24.0. The van der Waals surface area contributed by atoms with E-state index < -0.39 is 0 Å². The Morgan fingerprint density at radius 2 is 0.741 bits per heavy atom. The van der Waals surface area contributed by atoms with E-state index >= 15 is 0 Å². The lowest BCUT2D eigenvalue weighted by Gasteiger charge is -2.60. The molecule has 0 amide bonds. The molecular weight excluding hydrogens is 1630 g/mol. The molecule has 15 aromatic rings. The van der Waals surface area contributed by atoms with E-state index in [9.17, 15) is 0 Å². The quantitative estimate of drug-likeness (QED) is 0.107. The van der Waals surface area contributed by atoms with Crippen LogP contribution >= 0.6 is 0 Å². The van der Waals surface area contributed by atoms with E-state index in [0.29, 0.717) is 11.8 Å². The van der Waals surface area contributed by atoms with Gasteiger partial charge in [0.2, 0.25) is 6.71 Å². The molecule has 0 saturated heterocycles. The zero-order valence-electron chi connectivity index (χ0n) is 82.2. The lowest BCUT2D eigenvalue weighted by atomic mass is 9.26. The molecule has 14 aromatic carbocycles. The molecule has 5 heteroatoms. The maximum absolute atomic E-state index is 3.03. The molecule has 670 valence electrons. The van der Waals surface area contributed by atoms with Crippen molar-refractivity contribution in [3.63, 3.8) is 0 Å². The molecule has 1 fully saturated rings. The number of aromatic nitrogens is 1. The van der Waals surface area contributed by atoms with Crippen molar-refractivity contribution in [2.45, 2.75) is 189 Å². The van der Waals surface area contributed by atoms with E-state index in [0.717, 1.165) is 36.3 Å². The van der Waals surface area contributed by atoms with Gasteiger partial charge in [-0.15, -0.1) is 0 Å². The molecule has 0 radical (unpaired) electrons. The highest BCUT2D eigenvalue weighted by Gasteiger charge is 2.59. The summed E-state index contributed by atoms with van der Waals surface area (Å²) in [5, 5.41) is 2.55. The van der Waals surface area contributed by atoms with Crippen LogP contribution in [0.2, 0.25) is 5.82 Å². The predicted molar refractivity (Wildman–Crippen MR) is 579 cm³/mol. The maximum Gasteiger partial charge on any atom is 0.221 e. The minimum absolute atomic E-state index is 0.0000626. The number of fused-ring (bicyclic) bond motifs is 7. The SMILES string of the molecule is CC(C)(C)C1=CC2=C(c3ccc4c(c3)B3c5ccc(-n6c7ccc(C(C)(C)C)cc7c7cc(C(C)(C)C)ccc76)cc5N(c5c(-c6ccccc6)cc(C(C)(C)C)cc5-c5ccccc5)C5CC(N(c6ccc(-c7ccccc7)cc6)c6ccc(-c7ccccc7)cc6)CC(C35)N4c3c(-c4ccccc4)cc(C(C)(C)C)cc3-c3ccccc3)C=C3C=C(C(C)(C)C)CC4C=CC(=C1)C2C34. The number of allylic oxidation sites excluding steroid dienone is 12. The van der Waals surface area contributed by atoms with E-state index in [1.54, 1.807) is 0 Å². The number of hydrogen-bond acceptors (Lipinski definition) is 3. The smallest absolute Gasteiger partial charge is 0.221 e. The molecule has 1 aromatic heterocycles. The van der Waals surface area contributed by atoms with Gasteiger partial charge in [0.1, 0.15) is 0 Å². The lowest BCUT2D eigenvalue weighted by molar-refractivity contribution is 0.328. The van der Waals surface area contributed by atoms with Gasteiger partial charge in [0, 0.05) is 91.4 Å². The molecular formula is C130H127BN4. The Kier molecular flexibility index (Phi) is 21.2. The van der Waals surface area contributed by atoms with Gasteiger partial charge >= 0.3 is 0 Å². The average Bonchev–Trinajstić information content (AvgIpc) is 1.53. The second-order valence-electron chi connectivity index (χ2n) is 46.0. The third-order valence-corrected chi connectivity index (χ3v) is 31.2. The summed E-state index contributed by atoms with van der Waals surface area (Å²) in [4.78, 5) is 8.85. The Hall–Kier alpha value is -13.2. The molecule has 4 nitrogen and oxygen atoms in total. The topological polar surface area (TPSA) is 14.7 Å². The Balaban J connectivity index is 0.913. The van der Waals surface area contributed by atoms with Crippen LogP contribution in [0.5, 0.6) is 0 Å². The van der Waals surface area contributed by atoms with Crippen LogP contribution in [-0.2, 0) is 21.7 Å². The first-order chi connectivity index (χ1) is 64.7. The number of anilines is 6. The number of hydrogen-bond donors (Lipinski definition) is 0. The Labute approximate surface area is 803 Å². The lowest BCUT2D eigenvalue weighted by Crippen LogP contribution is -2.70. The second-order valence-corrected chi connectivity index (χ2v) is 46.0. The van der Waals surface area contributed by atoms with Gasteiger partial charge in [0.05, 0.1) is 22.4 Å². The average molecular weight is 1760 g/mol. The minimum Gasteiger partial charge on any atom is -0.338 e. The standard InChI is InChI=1S/C130H127BN4/c1-125(2,3)94-56-65-114-109(72-94)110-73-95(126(4,5)6)57-66-115(110)133(114)102-62-63-112-117(79-102)135(124-107(88-45-33-23-34-46-88)76-99(130(16,17)18)77-108(124)89-47-35-24-36-48-89)119-81-103(132(100-58-51-84(52-59-100)82-37-25-19-26-38-82)101-60-53-85(54-61-101)83-39-27-20-28-40-83)80-118-122(119)131(112)113-71-90(104-70-93-69-96(127(7,8)9)67-91-49-50-92-68-97(128(10,11)12)78-111(104)121(92)120(91)93)55-64-116(113)134(118)123-105(86-41-29-21-30-42-86)74-98(129(13,14)15)75-106(123)87-43-31-22-32-44-87/h19-66,68-79,91,103,118-122H,67,80-81H2,1-18H3. The van der Waals surface area contributed by atoms with Crippen LogP contribution in [0.1, 0.15) is 172 Å². The Bertz CT molecular complexity index is 7090. The summed E-state index contributed by atoms with van der Waals surface area (Å²) in [5.41, 5.74) is 42.4. The molecule has 0 bridgehead atoms.